The highest BCUT2D eigenvalue weighted by atomic mass is 32.2. The van der Waals surface area contributed by atoms with E-state index in [0.29, 0.717) is 0 Å². The molecule has 0 aliphatic carbocycles. The Balaban J connectivity index is 3.13. The van der Waals surface area contributed by atoms with Gasteiger partial charge in [0, 0.05) is 7.11 Å². The first kappa shape index (κ1) is 13.6. The zero-order valence-electron chi connectivity index (χ0n) is 8.94. The van der Waals surface area contributed by atoms with Crippen molar-refractivity contribution in [1.82, 2.24) is 0 Å². The number of rotatable bonds is 4. The molecule has 0 unspecified atom stereocenters. The third-order valence-corrected chi connectivity index (χ3v) is 2.77. The van der Waals surface area contributed by atoms with E-state index < -0.39 is 21.7 Å². The molecule has 0 saturated carbocycles. The number of anilines is 1. The zero-order valence-corrected chi connectivity index (χ0v) is 9.75. The van der Waals surface area contributed by atoms with E-state index in [2.05, 4.69) is 10.1 Å². The minimum Gasteiger partial charge on any atom is -0.375 e. The van der Waals surface area contributed by atoms with Crippen molar-refractivity contribution in [2.45, 2.75) is 4.90 Å². The lowest BCUT2D eigenvalue weighted by Gasteiger charge is -2.09. The van der Waals surface area contributed by atoms with Crippen molar-refractivity contribution in [3.63, 3.8) is 0 Å². The molecule has 1 aromatic rings. The average Bonchev–Trinajstić information content (AvgIpc) is 2.15. The summed E-state index contributed by atoms with van der Waals surface area (Å²) in [5, 5.41) is 7.12. The van der Waals surface area contributed by atoms with Crippen molar-refractivity contribution >= 4 is 21.6 Å². The molecule has 17 heavy (non-hydrogen) atoms. The maximum atomic E-state index is 13.0. The highest BCUT2D eigenvalue weighted by Crippen LogP contribution is 2.21. The highest BCUT2D eigenvalue weighted by Gasteiger charge is 2.16. The molecule has 8 heteroatoms. The molecule has 0 heterocycles. The second-order valence-electron chi connectivity index (χ2n) is 3.17. The van der Waals surface area contributed by atoms with Gasteiger partial charge in [-0.1, -0.05) is 0 Å². The first-order valence-corrected chi connectivity index (χ1v) is 6.00. The van der Waals surface area contributed by atoms with Crippen molar-refractivity contribution in [2.75, 3.05) is 19.0 Å². The number of nitrogens with two attached hydrogens (primary N) is 1. The molecule has 0 spiro atoms. The van der Waals surface area contributed by atoms with Gasteiger partial charge in [0.25, 0.3) is 0 Å². The second kappa shape index (κ2) is 5.21. The summed E-state index contributed by atoms with van der Waals surface area (Å²) in [5.41, 5.74) is -0.213. The maximum Gasteiger partial charge on any atom is 0.250 e. The van der Waals surface area contributed by atoms with Crippen LogP contribution in [0.25, 0.3) is 0 Å². The van der Waals surface area contributed by atoms with E-state index in [1.54, 1.807) is 0 Å². The fourth-order valence-electron chi connectivity index (χ4n) is 1.17. The summed E-state index contributed by atoms with van der Waals surface area (Å²) in [6.45, 7) is -0.277. The first-order chi connectivity index (χ1) is 7.84. The van der Waals surface area contributed by atoms with Gasteiger partial charge >= 0.3 is 0 Å². The van der Waals surface area contributed by atoms with Gasteiger partial charge in [0.15, 0.2) is 0 Å². The number of methoxy groups -OCH3 is 1. The molecular formula is C9H11FN2O4S. The van der Waals surface area contributed by atoms with Gasteiger partial charge in [-0.25, -0.2) is 17.9 Å². The summed E-state index contributed by atoms with van der Waals surface area (Å²) in [6, 6.07) is 2.78. The molecule has 0 aliphatic heterocycles. The van der Waals surface area contributed by atoms with Gasteiger partial charge in [0.05, 0.1) is 5.69 Å². The van der Waals surface area contributed by atoms with Crippen molar-refractivity contribution < 1.29 is 22.3 Å². The monoisotopic (exact) mass is 262 g/mol. The topological polar surface area (TPSA) is 98.5 Å². The predicted octanol–water partition coefficient (Wildman–Crippen LogP) is 0.0580. The molecule has 3 N–H and O–H groups in total. The Bertz CT molecular complexity index is 530. The van der Waals surface area contributed by atoms with Crippen LogP contribution in [-0.4, -0.2) is 28.0 Å². The van der Waals surface area contributed by atoms with Gasteiger partial charge in [0.2, 0.25) is 15.9 Å². The Hall–Kier alpha value is -1.51. The van der Waals surface area contributed by atoms with Crippen molar-refractivity contribution in [3.05, 3.63) is 24.0 Å². The minimum absolute atomic E-state index is 0.213. The van der Waals surface area contributed by atoms with Crippen LogP contribution in [0.5, 0.6) is 0 Å². The Morgan fingerprint density at radius 3 is 2.71 bits per heavy atom. The number of primary sulfonamides is 1. The number of hydrogen-bond donors (Lipinski definition) is 2. The fraction of sp³-hybridized carbons (Fsp3) is 0.222. The van der Waals surface area contributed by atoms with Gasteiger partial charge in [0.1, 0.15) is 17.3 Å². The molecule has 0 bridgehead atoms. The van der Waals surface area contributed by atoms with Crippen LogP contribution in [0.1, 0.15) is 0 Å². The third kappa shape index (κ3) is 3.77. The Labute approximate surface area is 97.6 Å². The fourth-order valence-corrected chi connectivity index (χ4v) is 1.84. The number of carbonyl (C=O) groups excluding carboxylic acids is 1. The van der Waals surface area contributed by atoms with Gasteiger partial charge in [-0.3, -0.25) is 4.79 Å². The van der Waals surface area contributed by atoms with Crippen molar-refractivity contribution in [3.8, 4) is 0 Å². The van der Waals surface area contributed by atoms with Gasteiger partial charge in [-0.15, -0.1) is 0 Å². The number of halogens is 1. The normalized spacial score (nSPS) is 11.2. The smallest absolute Gasteiger partial charge is 0.250 e. The summed E-state index contributed by atoms with van der Waals surface area (Å²) in [7, 11) is -2.74. The van der Waals surface area contributed by atoms with Crippen LogP contribution in [0.15, 0.2) is 23.1 Å². The molecular weight excluding hydrogens is 251 g/mol. The number of sulfonamides is 1. The van der Waals surface area contributed by atoms with Crippen LogP contribution in [0.2, 0.25) is 0 Å². The van der Waals surface area contributed by atoms with Crippen LogP contribution >= 0.6 is 0 Å². The number of benzene rings is 1. The Kier molecular flexibility index (Phi) is 4.16. The van der Waals surface area contributed by atoms with Gasteiger partial charge in [-0.05, 0) is 18.2 Å². The Morgan fingerprint density at radius 2 is 2.18 bits per heavy atom. The lowest BCUT2D eigenvalue weighted by atomic mass is 10.3. The largest absolute Gasteiger partial charge is 0.375 e. The second-order valence-corrected chi connectivity index (χ2v) is 4.70. The average molecular weight is 262 g/mol. The predicted molar refractivity (Wildman–Crippen MR) is 58.3 cm³/mol. The molecule has 1 rings (SSSR count). The molecule has 1 aromatic carbocycles. The molecule has 0 atom stereocenters. The summed E-state index contributed by atoms with van der Waals surface area (Å²) in [5.74, 6) is -1.30. The summed E-state index contributed by atoms with van der Waals surface area (Å²) in [6.07, 6.45) is 0. The summed E-state index contributed by atoms with van der Waals surface area (Å²) in [4.78, 5) is 10.9. The van der Waals surface area contributed by atoms with Crippen LogP contribution in [0, 0.1) is 5.82 Å². The lowest BCUT2D eigenvalue weighted by Crippen LogP contribution is -2.21. The molecule has 0 aromatic heterocycles. The van der Waals surface area contributed by atoms with E-state index in [4.69, 9.17) is 5.14 Å². The van der Waals surface area contributed by atoms with E-state index in [0.717, 1.165) is 18.2 Å². The van der Waals surface area contributed by atoms with Crippen LogP contribution in [0.3, 0.4) is 0 Å². The summed E-state index contributed by atoms with van der Waals surface area (Å²) >= 11 is 0. The van der Waals surface area contributed by atoms with Crippen molar-refractivity contribution in [1.29, 1.82) is 0 Å². The van der Waals surface area contributed by atoms with E-state index >= 15 is 0 Å². The molecule has 1 amide bonds. The first-order valence-electron chi connectivity index (χ1n) is 4.45. The number of hydrogen-bond acceptors (Lipinski definition) is 4. The number of amides is 1. The molecule has 94 valence electrons. The van der Waals surface area contributed by atoms with Crippen LogP contribution in [0.4, 0.5) is 10.1 Å². The van der Waals surface area contributed by atoms with E-state index in [-0.39, 0.29) is 17.2 Å². The van der Waals surface area contributed by atoms with E-state index in [1.165, 1.54) is 7.11 Å². The highest BCUT2D eigenvalue weighted by molar-refractivity contribution is 7.89. The van der Waals surface area contributed by atoms with Crippen LogP contribution < -0.4 is 10.5 Å². The van der Waals surface area contributed by atoms with Gasteiger partial charge in [-0.2, -0.15) is 0 Å². The lowest BCUT2D eigenvalue weighted by molar-refractivity contribution is -0.119. The standard InChI is InChI=1S/C9H11FN2O4S/c1-16-5-9(13)12-7-4-6(10)2-3-8(7)17(11,14)15/h2-4H,5H2,1H3,(H,12,13)(H2,11,14,15). The number of carbonyl (C=O) groups is 1. The molecule has 0 radical (unpaired) electrons. The quantitative estimate of drug-likeness (QED) is 0.801. The molecule has 0 fully saturated rings. The van der Waals surface area contributed by atoms with Gasteiger partial charge < -0.3 is 10.1 Å². The van der Waals surface area contributed by atoms with Crippen LogP contribution in [-0.2, 0) is 19.6 Å². The molecule has 0 saturated heterocycles. The number of ether oxygens (including phenoxy) is 1. The summed E-state index contributed by atoms with van der Waals surface area (Å²) < 4.78 is 39.9. The zero-order chi connectivity index (χ0) is 13.1. The minimum atomic E-state index is -4.03. The molecule has 0 aliphatic rings. The maximum absolute atomic E-state index is 13.0. The van der Waals surface area contributed by atoms with E-state index in [9.17, 15) is 17.6 Å². The Morgan fingerprint density at radius 1 is 1.53 bits per heavy atom. The van der Waals surface area contributed by atoms with Crippen molar-refractivity contribution in [2.24, 2.45) is 5.14 Å². The SMILES string of the molecule is COCC(=O)Nc1cc(F)ccc1S(N)(=O)=O. The number of nitrogens with one attached hydrogen (secondary N) is 1. The third-order valence-electron chi connectivity index (χ3n) is 1.80. The molecule has 6 nitrogen and oxygen atoms in total. The van der Waals surface area contributed by atoms with E-state index in [1.807, 2.05) is 0 Å².